The largest absolute Gasteiger partial charge is 0.322 e. The second-order valence-corrected chi connectivity index (χ2v) is 9.07. The van der Waals surface area contributed by atoms with Crippen LogP contribution in [0.3, 0.4) is 0 Å². The van der Waals surface area contributed by atoms with Crippen LogP contribution < -0.4 is 5.32 Å². The fourth-order valence-electron chi connectivity index (χ4n) is 3.16. The van der Waals surface area contributed by atoms with Gasteiger partial charge in [-0.2, -0.15) is 4.31 Å². The van der Waals surface area contributed by atoms with Crippen LogP contribution in [0.5, 0.6) is 0 Å². The van der Waals surface area contributed by atoms with E-state index >= 15 is 0 Å². The highest BCUT2D eigenvalue weighted by Crippen LogP contribution is 2.26. The van der Waals surface area contributed by atoms with Crippen LogP contribution in [0.15, 0.2) is 47.4 Å². The molecule has 1 aliphatic heterocycles. The van der Waals surface area contributed by atoms with Gasteiger partial charge in [0.25, 0.3) is 11.6 Å². The van der Waals surface area contributed by atoms with Crippen molar-refractivity contribution >= 4 is 38.9 Å². The second kappa shape index (κ2) is 8.89. The summed E-state index contributed by atoms with van der Waals surface area (Å²) in [7, 11) is -3.66. The number of rotatable bonds is 5. The van der Waals surface area contributed by atoms with E-state index in [9.17, 15) is 23.3 Å². The molecule has 1 N–H and O–H groups in total. The number of nitro benzene ring substituents is 1. The molecule has 0 spiro atoms. The summed E-state index contributed by atoms with van der Waals surface area (Å²) >= 11 is 5.77. The van der Waals surface area contributed by atoms with Crippen LogP contribution in [-0.4, -0.2) is 36.6 Å². The van der Waals surface area contributed by atoms with Crippen molar-refractivity contribution in [1.29, 1.82) is 0 Å². The fourth-order valence-corrected chi connectivity index (χ4v) is 4.91. The molecule has 1 amide bonds. The van der Waals surface area contributed by atoms with E-state index in [-0.39, 0.29) is 26.9 Å². The molecule has 1 aliphatic rings. The second-order valence-electron chi connectivity index (χ2n) is 6.72. The molecular formula is C19H20ClN3O5S. The van der Waals surface area contributed by atoms with Crippen molar-refractivity contribution in [3.63, 3.8) is 0 Å². The van der Waals surface area contributed by atoms with E-state index in [0.717, 1.165) is 31.7 Å². The molecular weight excluding hydrogens is 418 g/mol. The maximum atomic E-state index is 12.9. The standard InChI is InChI=1S/C19H20ClN3O5S/c20-17-9-8-14(12-18(17)23(25)26)19(24)21-15-6-5-7-16(13-15)29(27,28)22-10-3-1-2-4-11-22/h5-9,12-13H,1-4,10-11H2,(H,21,24). The van der Waals surface area contributed by atoms with Gasteiger partial charge in [-0.1, -0.05) is 30.5 Å². The third kappa shape index (κ3) is 4.92. The predicted molar refractivity (Wildman–Crippen MR) is 110 cm³/mol. The van der Waals surface area contributed by atoms with E-state index in [1.165, 1.54) is 28.6 Å². The zero-order chi connectivity index (χ0) is 21.0. The van der Waals surface area contributed by atoms with Crippen LogP contribution >= 0.6 is 11.6 Å². The third-order valence-electron chi connectivity index (χ3n) is 4.70. The van der Waals surface area contributed by atoms with Crippen LogP contribution in [0.2, 0.25) is 5.02 Å². The highest BCUT2D eigenvalue weighted by atomic mass is 35.5. The van der Waals surface area contributed by atoms with Crippen molar-refractivity contribution in [2.24, 2.45) is 0 Å². The first-order chi connectivity index (χ1) is 13.8. The molecule has 0 unspecified atom stereocenters. The van der Waals surface area contributed by atoms with E-state index in [1.807, 2.05) is 0 Å². The molecule has 1 heterocycles. The first kappa shape index (κ1) is 21.2. The van der Waals surface area contributed by atoms with Gasteiger partial charge in [0, 0.05) is 30.4 Å². The summed E-state index contributed by atoms with van der Waals surface area (Å²) in [5, 5.41) is 13.5. The van der Waals surface area contributed by atoms with Gasteiger partial charge < -0.3 is 5.32 Å². The minimum atomic E-state index is -3.66. The Hall–Kier alpha value is -2.49. The molecule has 2 aromatic rings. The maximum Gasteiger partial charge on any atom is 0.288 e. The van der Waals surface area contributed by atoms with Crippen LogP contribution in [0.25, 0.3) is 0 Å². The van der Waals surface area contributed by atoms with Crippen molar-refractivity contribution < 1.29 is 18.1 Å². The molecule has 29 heavy (non-hydrogen) atoms. The molecule has 0 aliphatic carbocycles. The summed E-state index contributed by atoms with van der Waals surface area (Å²) < 4.78 is 27.3. The molecule has 154 valence electrons. The molecule has 3 rings (SSSR count). The van der Waals surface area contributed by atoms with Crippen LogP contribution in [0, 0.1) is 10.1 Å². The molecule has 0 aromatic heterocycles. The summed E-state index contributed by atoms with van der Waals surface area (Å²) in [5.41, 5.74) is -0.0535. The molecule has 0 saturated carbocycles. The number of amides is 1. The summed E-state index contributed by atoms with van der Waals surface area (Å²) in [6.45, 7) is 0.959. The first-order valence-electron chi connectivity index (χ1n) is 9.14. The number of nitrogens with one attached hydrogen (secondary N) is 1. The van der Waals surface area contributed by atoms with Crippen molar-refractivity contribution in [2.45, 2.75) is 30.6 Å². The van der Waals surface area contributed by atoms with Crippen molar-refractivity contribution in [1.82, 2.24) is 4.31 Å². The molecule has 0 bridgehead atoms. The lowest BCUT2D eigenvalue weighted by Crippen LogP contribution is -2.32. The number of nitro groups is 1. The number of nitrogens with zero attached hydrogens (tertiary/aromatic N) is 2. The fraction of sp³-hybridized carbons (Fsp3) is 0.316. The molecule has 10 heteroatoms. The highest BCUT2D eigenvalue weighted by molar-refractivity contribution is 7.89. The van der Waals surface area contributed by atoms with E-state index < -0.39 is 20.9 Å². The Bertz CT molecular complexity index is 1030. The molecule has 1 fully saturated rings. The number of anilines is 1. The molecule has 8 nitrogen and oxygen atoms in total. The summed E-state index contributed by atoms with van der Waals surface area (Å²) in [6.07, 6.45) is 3.67. The number of benzene rings is 2. The van der Waals surface area contributed by atoms with Gasteiger partial charge in [-0.05, 0) is 43.2 Å². The monoisotopic (exact) mass is 437 g/mol. The lowest BCUT2D eigenvalue weighted by molar-refractivity contribution is -0.384. The molecule has 0 radical (unpaired) electrons. The Balaban J connectivity index is 1.82. The van der Waals surface area contributed by atoms with Gasteiger partial charge in [-0.25, -0.2) is 8.42 Å². The van der Waals surface area contributed by atoms with Gasteiger partial charge >= 0.3 is 0 Å². The van der Waals surface area contributed by atoms with Gasteiger partial charge in [0.05, 0.1) is 9.82 Å². The Morgan fingerprint density at radius 2 is 1.76 bits per heavy atom. The highest BCUT2D eigenvalue weighted by Gasteiger charge is 2.25. The Morgan fingerprint density at radius 1 is 1.07 bits per heavy atom. The number of halogens is 1. The third-order valence-corrected chi connectivity index (χ3v) is 6.91. The normalized spacial score (nSPS) is 15.5. The molecule has 2 aromatic carbocycles. The number of carbonyl (C=O) groups is 1. The average molecular weight is 438 g/mol. The first-order valence-corrected chi connectivity index (χ1v) is 11.0. The summed E-state index contributed by atoms with van der Waals surface area (Å²) in [4.78, 5) is 22.9. The average Bonchev–Trinajstić information content (AvgIpc) is 2.98. The number of sulfonamides is 1. The number of hydrogen-bond donors (Lipinski definition) is 1. The van der Waals surface area contributed by atoms with E-state index in [2.05, 4.69) is 5.32 Å². The van der Waals surface area contributed by atoms with E-state index in [1.54, 1.807) is 12.1 Å². The maximum absolute atomic E-state index is 12.9. The van der Waals surface area contributed by atoms with Crippen molar-refractivity contribution in [3.05, 3.63) is 63.2 Å². The van der Waals surface area contributed by atoms with Gasteiger partial charge in [0.15, 0.2) is 0 Å². The molecule has 0 atom stereocenters. The minimum absolute atomic E-state index is 0.0434. The van der Waals surface area contributed by atoms with Gasteiger partial charge in [0.1, 0.15) is 5.02 Å². The summed E-state index contributed by atoms with van der Waals surface area (Å²) in [6, 6.07) is 9.70. The van der Waals surface area contributed by atoms with Crippen LogP contribution in [-0.2, 0) is 10.0 Å². The van der Waals surface area contributed by atoms with Crippen LogP contribution in [0.4, 0.5) is 11.4 Å². The Kier molecular flexibility index (Phi) is 6.51. The SMILES string of the molecule is O=C(Nc1cccc(S(=O)(=O)N2CCCCCC2)c1)c1ccc(Cl)c([N+](=O)[O-])c1. The zero-order valence-electron chi connectivity index (χ0n) is 15.5. The minimum Gasteiger partial charge on any atom is -0.322 e. The smallest absolute Gasteiger partial charge is 0.288 e. The Labute approximate surface area is 173 Å². The van der Waals surface area contributed by atoms with Gasteiger partial charge in [0.2, 0.25) is 10.0 Å². The quantitative estimate of drug-likeness (QED) is 0.560. The lowest BCUT2D eigenvalue weighted by Gasteiger charge is -2.20. The van der Waals surface area contributed by atoms with Gasteiger partial charge in [-0.3, -0.25) is 14.9 Å². The number of hydrogen-bond acceptors (Lipinski definition) is 5. The van der Waals surface area contributed by atoms with Crippen molar-refractivity contribution in [3.8, 4) is 0 Å². The topological polar surface area (TPSA) is 110 Å². The lowest BCUT2D eigenvalue weighted by atomic mass is 10.2. The predicted octanol–water partition coefficient (Wildman–Crippen LogP) is 4.07. The van der Waals surface area contributed by atoms with E-state index in [0.29, 0.717) is 13.1 Å². The number of carbonyl (C=O) groups excluding carboxylic acids is 1. The zero-order valence-corrected chi connectivity index (χ0v) is 17.1. The molecule has 1 saturated heterocycles. The van der Waals surface area contributed by atoms with E-state index in [4.69, 9.17) is 11.6 Å². The van der Waals surface area contributed by atoms with Crippen LogP contribution in [0.1, 0.15) is 36.0 Å². The summed E-state index contributed by atoms with van der Waals surface area (Å²) in [5.74, 6) is -0.603. The van der Waals surface area contributed by atoms with Gasteiger partial charge in [-0.15, -0.1) is 0 Å². The Morgan fingerprint density at radius 3 is 2.41 bits per heavy atom. The van der Waals surface area contributed by atoms with Crippen molar-refractivity contribution in [2.75, 3.05) is 18.4 Å².